The zero-order valence-electron chi connectivity index (χ0n) is 13.8. The van der Waals surface area contributed by atoms with E-state index in [1.807, 2.05) is 6.07 Å². The number of aliphatic carboxylic acids is 1. The van der Waals surface area contributed by atoms with E-state index < -0.39 is 5.97 Å². The van der Waals surface area contributed by atoms with Crippen molar-refractivity contribution in [3.63, 3.8) is 0 Å². The average molecular weight is 315 g/mol. The molecule has 3 rings (SSSR count). The second-order valence-corrected chi connectivity index (χ2v) is 7.05. The Balaban J connectivity index is 1.81. The second-order valence-electron chi connectivity index (χ2n) is 7.05. The number of rotatable bonds is 6. The summed E-state index contributed by atoms with van der Waals surface area (Å²) in [5, 5.41) is 21.5. The maximum atomic E-state index is 11.6. The smallest absolute Gasteiger partial charge is 0.307 e. The Labute approximate surface area is 136 Å². The van der Waals surface area contributed by atoms with Gasteiger partial charge in [-0.3, -0.25) is 9.89 Å². The summed E-state index contributed by atoms with van der Waals surface area (Å²) in [6.07, 6.45) is 2.49. The quantitative estimate of drug-likeness (QED) is 0.766. The van der Waals surface area contributed by atoms with E-state index in [1.54, 1.807) is 0 Å². The number of fused-ring (bicyclic) bond motifs is 1. The summed E-state index contributed by atoms with van der Waals surface area (Å²) in [6, 6.07) is 6.17. The third-order valence-corrected chi connectivity index (χ3v) is 4.75. The van der Waals surface area contributed by atoms with Gasteiger partial charge in [0.2, 0.25) is 0 Å². The highest BCUT2D eigenvalue weighted by atomic mass is 16.4. The number of aromatic amines is 1. The summed E-state index contributed by atoms with van der Waals surface area (Å²) in [5.74, 6) is -0.221. The Morgan fingerprint density at radius 2 is 2.22 bits per heavy atom. The molecule has 1 saturated heterocycles. The van der Waals surface area contributed by atoms with E-state index in [0.29, 0.717) is 12.3 Å². The van der Waals surface area contributed by atoms with Crippen molar-refractivity contribution >= 4 is 16.9 Å². The maximum absolute atomic E-state index is 11.6. The van der Waals surface area contributed by atoms with Gasteiger partial charge in [0.1, 0.15) is 0 Å². The summed E-state index contributed by atoms with van der Waals surface area (Å²) in [5.41, 5.74) is 3.16. The van der Waals surface area contributed by atoms with Crippen molar-refractivity contribution in [1.82, 2.24) is 15.5 Å². The van der Waals surface area contributed by atoms with E-state index in [1.165, 1.54) is 0 Å². The van der Waals surface area contributed by atoms with Crippen molar-refractivity contribution in [3.05, 3.63) is 29.5 Å². The minimum absolute atomic E-state index is 0.221. The normalized spacial score (nSPS) is 19.5. The Morgan fingerprint density at radius 3 is 2.87 bits per heavy atom. The van der Waals surface area contributed by atoms with Gasteiger partial charge in [0, 0.05) is 11.1 Å². The molecule has 1 aliphatic rings. The summed E-state index contributed by atoms with van der Waals surface area (Å²) >= 11 is 0. The fraction of sp³-hybridized carbons (Fsp3) is 0.556. The molecule has 0 spiro atoms. The number of benzene rings is 1. The summed E-state index contributed by atoms with van der Waals surface area (Å²) in [7, 11) is 0. The second kappa shape index (κ2) is 6.71. The van der Waals surface area contributed by atoms with Gasteiger partial charge in [-0.15, -0.1) is 0 Å². The molecule has 2 heterocycles. The van der Waals surface area contributed by atoms with Crippen molar-refractivity contribution in [1.29, 1.82) is 0 Å². The molecule has 0 aliphatic carbocycles. The fourth-order valence-electron chi connectivity index (χ4n) is 3.53. The molecule has 1 aromatic carbocycles. The SMILES string of the molecule is CC(C)Cc1[nH]nc2cc(C[C@H](C(=O)O)[C@H]3CCNC3)ccc12. The summed E-state index contributed by atoms with van der Waals surface area (Å²) in [6.45, 7) is 6.10. The number of nitrogens with one attached hydrogen (secondary N) is 2. The van der Waals surface area contributed by atoms with Crippen LogP contribution in [0.5, 0.6) is 0 Å². The van der Waals surface area contributed by atoms with E-state index in [9.17, 15) is 9.90 Å². The monoisotopic (exact) mass is 315 g/mol. The Bertz CT molecular complexity index is 687. The maximum Gasteiger partial charge on any atom is 0.307 e. The lowest BCUT2D eigenvalue weighted by Gasteiger charge is -2.18. The van der Waals surface area contributed by atoms with Gasteiger partial charge in [0.25, 0.3) is 0 Å². The first kappa shape index (κ1) is 16.0. The molecule has 0 unspecified atom stereocenters. The van der Waals surface area contributed by atoms with E-state index in [2.05, 4.69) is 41.5 Å². The van der Waals surface area contributed by atoms with Crippen LogP contribution in [-0.2, 0) is 17.6 Å². The van der Waals surface area contributed by atoms with Crippen LogP contribution in [-0.4, -0.2) is 34.4 Å². The van der Waals surface area contributed by atoms with E-state index in [4.69, 9.17) is 0 Å². The molecule has 1 aromatic heterocycles. The first-order valence-corrected chi connectivity index (χ1v) is 8.44. The summed E-state index contributed by atoms with van der Waals surface area (Å²) < 4.78 is 0. The lowest BCUT2D eigenvalue weighted by atomic mass is 9.86. The number of carboxylic acids is 1. The predicted molar refractivity (Wildman–Crippen MR) is 90.4 cm³/mol. The van der Waals surface area contributed by atoms with Gasteiger partial charge in [-0.2, -0.15) is 5.10 Å². The van der Waals surface area contributed by atoms with Crippen LogP contribution in [0, 0.1) is 17.8 Å². The van der Waals surface area contributed by atoms with E-state index in [-0.39, 0.29) is 11.8 Å². The molecule has 0 saturated carbocycles. The van der Waals surface area contributed by atoms with Crippen LogP contribution in [0.1, 0.15) is 31.5 Å². The Morgan fingerprint density at radius 1 is 1.39 bits per heavy atom. The molecular formula is C18H25N3O2. The Hall–Kier alpha value is -1.88. The molecule has 124 valence electrons. The number of carbonyl (C=O) groups is 1. The van der Waals surface area contributed by atoms with Crippen molar-refractivity contribution in [2.24, 2.45) is 17.8 Å². The van der Waals surface area contributed by atoms with E-state index in [0.717, 1.165) is 48.1 Å². The van der Waals surface area contributed by atoms with Crippen LogP contribution >= 0.6 is 0 Å². The highest BCUT2D eigenvalue weighted by molar-refractivity contribution is 5.82. The van der Waals surface area contributed by atoms with Gasteiger partial charge in [-0.1, -0.05) is 26.0 Å². The van der Waals surface area contributed by atoms with Crippen LogP contribution in [0.2, 0.25) is 0 Å². The fourth-order valence-corrected chi connectivity index (χ4v) is 3.53. The molecule has 5 heteroatoms. The van der Waals surface area contributed by atoms with Crippen LogP contribution < -0.4 is 5.32 Å². The standard InChI is InChI=1S/C18H25N3O2/c1-11(2)7-16-14-4-3-12(9-17(14)21-20-16)8-15(18(22)23)13-5-6-19-10-13/h3-4,9,11,13,15,19H,5-8,10H2,1-2H3,(H,20,21)(H,22,23)/t13-,15-/m0/s1. The number of nitrogens with zero attached hydrogens (tertiary/aromatic N) is 1. The third-order valence-electron chi connectivity index (χ3n) is 4.75. The number of carboxylic acid groups (broad SMARTS) is 1. The molecule has 5 nitrogen and oxygen atoms in total. The average Bonchev–Trinajstić information content (AvgIpc) is 3.14. The first-order valence-electron chi connectivity index (χ1n) is 8.44. The lowest BCUT2D eigenvalue weighted by molar-refractivity contribution is -0.143. The van der Waals surface area contributed by atoms with Gasteiger partial charge in [-0.05, 0) is 55.8 Å². The van der Waals surface area contributed by atoms with Gasteiger partial charge in [0.05, 0.1) is 11.4 Å². The lowest BCUT2D eigenvalue weighted by Crippen LogP contribution is -2.27. The van der Waals surface area contributed by atoms with Crippen molar-refractivity contribution in [3.8, 4) is 0 Å². The largest absolute Gasteiger partial charge is 0.481 e. The molecule has 3 N–H and O–H groups in total. The molecule has 0 amide bonds. The number of hydrogen-bond donors (Lipinski definition) is 3. The third kappa shape index (κ3) is 3.55. The minimum Gasteiger partial charge on any atom is -0.481 e. The minimum atomic E-state index is -0.693. The molecule has 2 atom stereocenters. The van der Waals surface area contributed by atoms with Gasteiger partial charge < -0.3 is 10.4 Å². The van der Waals surface area contributed by atoms with Crippen molar-refractivity contribution in [2.75, 3.05) is 13.1 Å². The first-order chi connectivity index (χ1) is 11.0. The molecule has 1 aliphatic heterocycles. The predicted octanol–water partition coefficient (Wildman–Crippen LogP) is 2.61. The Kier molecular flexibility index (Phi) is 4.66. The number of H-pyrrole nitrogens is 1. The van der Waals surface area contributed by atoms with E-state index >= 15 is 0 Å². The molecule has 0 bridgehead atoms. The van der Waals surface area contributed by atoms with Gasteiger partial charge in [-0.25, -0.2) is 0 Å². The topological polar surface area (TPSA) is 78.0 Å². The van der Waals surface area contributed by atoms with Gasteiger partial charge >= 0.3 is 5.97 Å². The van der Waals surface area contributed by atoms with Crippen molar-refractivity contribution < 1.29 is 9.90 Å². The van der Waals surface area contributed by atoms with Crippen LogP contribution in [0.15, 0.2) is 18.2 Å². The highest BCUT2D eigenvalue weighted by Crippen LogP contribution is 2.26. The molecule has 2 aromatic rings. The van der Waals surface area contributed by atoms with Crippen molar-refractivity contribution in [2.45, 2.75) is 33.1 Å². The molecule has 23 heavy (non-hydrogen) atoms. The number of aromatic nitrogens is 2. The van der Waals surface area contributed by atoms with Crippen LogP contribution in [0.25, 0.3) is 10.9 Å². The van der Waals surface area contributed by atoms with Crippen LogP contribution in [0.3, 0.4) is 0 Å². The molecule has 0 radical (unpaired) electrons. The number of hydrogen-bond acceptors (Lipinski definition) is 3. The molecular weight excluding hydrogens is 290 g/mol. The zero-order valence-corrected chi connectivity index (χ0v) is 13.8. The van der Waals surface area contributed by atoms with Crippen LogP contribution in [0.4, 0.5) is 0 Å². The highest BCUT2D eigenvalue weighted by Gasteiger charge is 2.30. The summed E-state index contributed by atoms with van der Waals surface area (Å²) in [4.78, 5) is 11.6. The molecule has 1 fully saturated rings. The zero-order chi connectivity index (χ0) is 16.4. The van der Waals surface area contributed by atoms with Gasteiger partial charge in [0.15, 0.2) is 0 Å².